The highest BCUT2D eigenvalue weighted by atomic mass is 19.4. The van der Waals surface area contributed by atoms with Crippen molar-refractivity contribution in [1.82, 2.24) is 15.3 Å². The van der Waals surface area contributed by atoms with E-state index >= 15 is 0 Å². The van der Waals surface area contributed by atoms with Crippen molar-refractivity contribution in [3.63, 3.8) is 0 Å². The number of aryl methyl sites for hydroxylation is 1. The maximum atomic E-state index is 13.1. The Hall–Kier alpha value is -3.16. The van der Waals surface area contributed by atoms with E-state index in [2.05, 4.69) is 20.6 Å². The lowest BCUT2D eigenvalue weighted by atomic mass is 9.96. The van der Waals surface area contributed by atoms with Gasteiger partial charge in [0, 0.05) is 24.9 Å². The monoisotopic (exact) mass is 430 g/mol. The fraction of sp³-hybridized carbons (Fsp3) is 0.348. The minimum absolute atomic E-state index is 0.0145. The Labute approximate surface area is 179 Å². The van der Waals surface area contributed by atoms with Crippen molar-refractivity contribution in [1.29, 1.82) is 0 Å². The van der Waals surface area contributed by atoms with E-state index in [9.17, 15) is 18.0 Å². The van der Waals surface area contributed by atoms with Crippen molar-refractivity contribution < 1.29 is 18.0 Å². The Bertz CT molecular complexity index is 1100. The molecule has 3 rings (SSSR count). The molecule has 31 heavy (non-hydrogen) atoms. The average Bonchev–Trinajstić information content (AvgIpc) is 2.72. The first kappa shape index (κ1) is 22.5. The van der Waals surface area contributed by atoms with E-state index in [1.807, 2.05) is 25.1 Å². The lowest BCUT2D eigenvalue weighted by Gasteiger charge is -2.19. The van der Waals surface area contributed by atoms with Gasteiger partial charge in [-0.05, 0) is 55.2 Å². The van der Waals surface area contributed by atoms with Gasteiger partial charge in [0.05, 0.1) is 11.1 Å². The molecule has 8 heteroatoms. The molecule has 1 amide bonds. The highest BCUT2D eigenvalue weighted by Crippen LogP contribution is 2.32. The van der Waals surface area contributed by atoms with E-state index in [1.165, 1.54) is 6.07 Å². The van der Waals surface area contributed by atoms with Crippen molar-refractivity contribution in [3.8, 4) is 0 Å². The minimum atomic E-state index is -4.40. The number of nitrogens with one attached hydrogen (secondary N) is 2. The van der Waals surface area contributed by atoms with Crippen molar-refractivity contribution in [2.75, 3.05) is 12.4 Å². The molecule has 2 aromatic carbocycles. The van der Waals surface area contributed by atoms with Crippen molar-refractivity contribution in [2.24, 2.45) is 0 Å². The van der Waals surface area contributed by atoms with E-state index < -0.39 is 17.8 Å². The molecular formula is C23H25F3N4O. The summed E-state index contributed by atoms with van der Waals surface area (Å²) in [5.74, 6) is 1.03. The number of anilines is 1. The molecule has 3 aromatic rings. The van der Waals surface area contributed by atoms with Crippen LogP contribution >= 0.6 is 0 Å². The molecular weight excluding hydrogens is 405 g/mol. The molecule has 1 aromatic heterocycles. The fourth-order valence-corrected chi connectivity index (χ4v) is 3.45. The number of nitrogens with zero attached hydrogens (tertiary/aromatic N) is 2. The smallest absolute Gasteiger partial charge is 0.363 e. The zero-order valence-corrected chi connectivity index (χ0v) is 17.8. The SMILES string of the molecule is CNC(=O)CC(C)c1ccc2nc(C)nc(N[C@H](C)c3cccc(C(F)(F)F)c3)c2c1. The van der Waals surface area contributed by atoms with Crippen LogP contribution in [0.2, 0.25) is 0 Å². The van der Waals surface area contributed by atoms with Gasteiger partial charge in [-0.15, -0.1) is 0 Å². The summed E-state index contributed by atoms with van der Waals surface area (Å²) in [5, 5.41) is 6.62. The van der Waals surface area contributed by atoms with Crippen molar-refractivity contribution in [3.05, 3.63) is 65.0 Å². The molecule has 0 spiro atoms. The molecule has 2 N–H and O–H groups in total. The molecule has 0 aliphatic rings. The normalized spacial score (nSPS) is 13.6. The molecule has 0 aliphatic carbocycles. The Balaban J connectivity index is 1.95. The lowest BCUT2D eigenvalue weighted by molar-refractivity contribution is -0.137. The van der Waals surface area contributed by atoms with Gasteiger partial charge in [-0.3, -0.25) is 4.79 Å². The summed E-state index contributed by atoms with van der Waals surface area (Å²) in [6.07, 6.45) is -4.05. The summed E-state index contributed by atoms with van der Waals surface area (Å²) in [7, 11) is 1.60. The Morgan fingerprint density at radius 2 is 1.81 bits per heavy atom. The largest absolute Gasteiger partial charge is 0.416 e. The number of halogens is 3. The van der Waals surface area contributed by atoms with Gasteiger partial charge in [-0.25, -0.2) is 9.97 Å². The van der Waals surface area contributed by atoms with E-state index in [4.69, 9.17) is 0 Å². The number of fused-ring (bicyclic) bond motifs is 1. The zero-order valence-electron chi connectivity index (χ0n) is 17.8. The average molecular weight is 430 g/mol. The number of carbonyl (C=O) groups excluding carboxylic acids is 1. The van der Waals surface area contributed by atoms with Gasteiger partial charge in [-0.1, -0.05) is 25.1 Å². The second-order valence-corrected chi connectivity index (χ2v) is 7.66. The molecule has 0 saturated heterocycles. The topological polar surface area (TPSA) is 66.9 Å². The predicted octanol–water partition coefficient (Wildman–Crippen LogP) is 5.37. The molecule has 0 radical (unpaired) electrons. The molecule has 0 saturated carbocycles. The Morgan fingerprint density at radius 1 is 1.06 bits per heavy atom. The number of hydrogen-bond donors (Lipinski definition) is 2. The maximum absolute atomic E-state index is 13.1. The van der Waals surface area contributed by atoms with Crippen LogP contribution in [0, 0.1) is 6.92 Å². The third-order valence-electron chi connectivity index (χ3n) is 5.24. The van der Waals surface area contributed by atoms with Gasteiger partial charge in [0.2, 0.25) is 5.91 Å². The van der Waals surface area contributed by atoms with Crippen LogP contribution in [0.3, 0.4) is 0 Å². The van der Waals surface area contributed by atoms with Crippen LogP contribution in [0.4, 0.5) is 19.0 Å². The van der Waals surface area contributed by atoms with Crippen LogP contribution in [-0.2, 0) is 11.0 Å². The summed E-state index contributed by atoms with van der Waals surface area (Å²) < 4.78 is 39.3. The first-order valence-corrected chi connectivity index (χ1v) is 10.0. The number of amides is 1. The quantitative estimate of drug-likeness (QED) is 0.552. The maximum Gasteiger partial charge on any atom is 0.416 e. The van der Waals surface area contributed by atoms with Crippen LogP contribution in [0.15, 0.2) is 42.5 Å². The number of rotatable bonds is 6. The van der Waals surface area contributed by atoms with E-state index in [0.717, 1.165) is 28.6 Å². The molecule has 164 valence electrons. The van der Waals surface area contributed by atoms with E-state index in [1.54, 1.807) is 27.0 Å². The van der Waals surface area contributed by atoms with Crippen LogP contribution in [0.25, 0.3) is 10.9 Å². The van der Waals surface area contributed by atoms with E-state index in [-0.39, 0.29) is 11.8 Å². The summed E-state index contributed by atoms with van der Waals surface area (Å²) >= 11 is 0. The number of hydrogen-bond acceptors (Lipinski definition) is 4. The summed E-state index contributed by atoms with van der Waals surface area (Å²) in [6, 6.07) is 10.6. The van der Waals surface area contributed by atoms with Gasteiger partial charge in [-0.2, -0.15) is 13.2 Å². The van der Waals surface area contributed by atoms with Crippen molar-refractivity contribution >= 4 is 22.6 Å². The second-order valence-electron chi connectivity index (χ2n) is 7.66. The molecule has 5 nitrogen and oxygen atoms in total. The molecule has 0 aliphatic heterocycles. The van der Waals surface area contributed by atoms with Gasteiger partial charge in [0.1, 0.15) is 11.6 Å². The van der Waals surface area contributed by atoms with Gasteiger partial charge >= 0.3 is 6.18 Å². The van der Waals surface area contributed by atoms with Crippen LogP contribution in [-0.4, -0.2) is 22.9 Å². The lowest BCUT2D eigenvalue weighted by Crippen LogP contribution is -2.19. The van der Waals surface area contributed by atoms with Crippen LogP contribution in [0.5, 0.6) is 0 Å². The second kappa shape index (κ2) is 8.91. The number of alkyl halides is 3. The molecule has 2 atom stereocenters. The van der Waals surface area contributed by atoms with Gasteiger partial charge < -0.3 is 10.6 Å². The summed E-state index contributed by atoms with van der Waals surface area (Å²) in [5.41, 5.74) is 1.50. The summed E-state index contributed by atoms with van der Waals surface area (Å²) in [6.45, 7) is 5.52. The molecule has 1 unspecified atom stereocenters. The van der Waals surface area contributed by atoms with Gasteiger partial charge in [0.15, 0.2) is 0 Å². The van der Waals surface area contributed by atoms with Crippen molar-refractivity contribution in [2.45, 2.75) is 45.3 Å². The summed E-state index contributed by atoms with van der Waals surface area (Å²) in [4.78, 5) is 20.7. The molecule has 0 fully saturated rings. The van der Waals surface area contributed by atoms with Gasteiger partial charge in [0.25, 0.3) is 0 Å². The third-order valence-corrected chi connectivity index (χ3v) is 5.24. The minimum Gasteiger partial charge on any atom is -0.363 e. The number of aromatic nitrogens is 2. The number of benzene rings is 2. The highest BCUT2D eigenvalue weighted by Gasteiger charge is 2.30. The standard InChI is InChI=1S/C23H25F3N4O/c1-13(10-21(31)27-4)16-8-9-20-19(12-16)22(30-15(3)29-20)28-14(2)17-6-5-7-18(11-17)23(24,25)26/h5-9,11-14H,10H2,1-4H3,(H,27,31)(H,28,29,30)/t13?,14-/m1/s1. The molecule has 0 bridgehead atoms. The fourth-order valence-electron chi connectivity index (χ4n) is 3.45. The first-order valence-electron chi connectivity index (χ1n) is 10.0. The molecule has 1 heterocycles. The predicted molar refractivity (Wildman–Crippen MR) is 115 cm³/mol. The third kappa shape index (κ3) is 5.31. The van der Waals surface area contributed by atoms with Crippen LogP contribution < -0.4 is 10.6 Å². The Morgan fingerprint density at radius 3 is 2.48 bits per heavy atom. The zero-order chi connectivity index (χ0) is 22.8. The first-order chi connectivity index (χ1) is 14.6. The Kier molecular flexibility index (Phi) is 6.48. The van der Waals surface area contributed by atoms with E-state index in [0.29, 0.717) is 23.6 Å². The number of carbonyl (C=O) groups is 1. The highest BCUT2D eigenvalue weighted by molar-refractivity contribution is 5.90. The van der Waals surface area contributed by atoms with Crippen LogP contribution in [0.1, 0.15) is 54.7 Å².